The summed E-state index contributed by atoms with van der Waals surface area (Å²) >= 11 is 0. The first kappa shape index (κ1) is 12.7. The van der Waals surface area contributed by atoms with Crippen LogP contribution in [0.15, 0.2) is 18.5 Å². The van der Waals surface area contributed by atoms with Gasteiger partial charge in [-0.05, 0) is 44.1 Å². The van der Waals surface area contributed by atoms with Gasteiger partial charge in [-0.25, -0.2) is 0 Å². The molecule has 19 heavy (non-hydrogen) atoms. The molecule has 1 aromatic heterocycles. The van der Waals surface area contributed by atoms with Gasteiger partial charge >= 0.3 is 5.97 Å². The minimum atomic E-state index is -0.686. The minimum Gasteiger partial charge on any atom is -0.480 e. The van der Waals surface area contributed by atoms with Crippen molar-refractivity contribution in [3.05, 3.63) is 18.5 Å². The standard InChI is InChI=1S/C14H21N3O2/c18-13(19)14(16-12-4-5-12)7-1-3-11(14)6-10-17-9-2-8-15-17/h2,8-9,11-12,16H,1,3-7,10H2,(H,18,19). The van der Waals surface area contributed by atoms with Gasteiger partial charge in [-0.2, -0.15) is 5.10 Å². The van der Waals surface area contributed by atoms with Crippen molar-refractivity contribution >= 4 is 5.97 Å². The molecule has 2 aliphatic carbocycles. The summed E-state index contributed by atoms with van der Waals surface area (Å²) in [5, 5.41) is 17.3. The van der Waals surface area contributed by atoms with Crippen LogP contribution in [0.5, 0.6) is 0 Å². The highest BCUT2D eigenvalue weighted by molar-refractivity contribution is 5.80. The van der Waals surface area contributed by atoms with E-state index in [1.54, 1.807) is 6.20 Å². The Bertz CT molecular complexity index is 442. The molecule has 5 nitrogen and oxygen atoms in total. The van der Waals surface area contributed by atoms with E-state index in [1.807, 2.05) is 16.9 Å². The highest BCUT2D eigenvalue weighted by Gasteiger charge is 2.50. The lowest BCUT2D eigenvalue weighted by Crippen LogP contribution is -2.55. The molecule has 2 atom stereocenters. The number of rotatable bonds is 6. The van der Waals surface area contributed by atoms with Gasteiger partial charge in [0.2, 0.25) is 0 Å². The van der Waals surface area contributed by atoms with Crippen LogP contribution in [0, 0.1) is 5.92 Å². The summed E-state index contributed by atoms with van der Waals surface area (Å²) in [6.07, 6.45) is 9.62. The molecule has 0 saturated heterocycles. The van der Waals surface area contributed by atoms with E-state index in [-0.39, 0.29) is 5.92 Å². The monoisotopic (exact) mass is 263 g/mol. The van der Waals surface area contributed by atoms with Crippen LogP contribution in [-0.2, 0) is 11.3 Å². The van der Waals surface area contributed by atoms with E-state index in [2.05, 4.69) is 10.4 Å². The number of hydrogen-bond donors (Lipinski definition) is 2. The van der Waals surface area contributed by atoms with Crippen LogP contribution in [0.2, 0.25) is 0 Å². The largest absolute Gasteiger partial charge is 0.480 e. The summed E-state index contributed by atoms with van der Waals surface area (Å²) in [7, 11) is 0. The lowest BCUT2D eigenvalue weighted by atomic mass is 9.84. The van der Waals surface area contributed by atoms with E-state index in [0.717, 1.165) is 45.1 Å². The maximum absolute atomic E-state index is 11.8. The molecule has 0 aromatic carbocycles. The van der Waals surface area contributed by atoms with Gasteiger partial charge in [0, 0.05) is 25.0 Å². The predicted molar refractivity (Wildman–Crippen MR) is 70.7 cm³/mol. The molecule has 3 rings (SSSR count). The van der Waals surface area contributed by atoms with Crippen LogP contribution < -0.4 is 5.32 Å². The van der Waals surface area contributed by atoms with Crippen molar-refractivity contribution in [2.45, 2.75) is 56.7 Å². The molecule has 2 saturated carbocycles. The van der Waals surface area contributed by atoms with Gasteiger partial charge in [-0.15, -0.1) is 0 Å². The Kier molecular flexibility index (Phi) is 3.31. The Morgan fingerprint density at radius 1 is 1.47 bits per heavy atom. The van der Waals surface area contributed by atoms with Crippen LogP contribution in [0.25, 0.3) is 0 Å². The van der Waals surface area contributed by atoms with Gasteiger partial charge in [0.15, 0.2) is 0 Å². The quantitative estimate of drug-likeness (QED) is 0.819. The number of carboxylic acids is 1. The third-order valence-corrected chi connectivity index (χ3v) is 4.51. The van der Waals surface area contributed by atoms with Crippen molar-refractivity contribution < 1.29 is 9.90 Å². The fourth-order valence-electron chi connectivity index (χ4n) is 3.31. The summed E-state index contributed by atoms with van der Waals surface area (Å²) in [6, 6.07) is 2.34. The van der Waals surface area contributed by atoms with Crippen molar-refractivity contribution in [1.82, 2.24) is 15.1 Å². The molecule has 104 valence electrons. The average Bonchev–Trinajstić information content (AvgIpc) is 2.90. The van der Waals surface area contributed by atoms with Crippen molar-refractivity contribution in [3.63, 3.8) is 0 Å². The van der Waals surface area contributed by atoms with Gasteiger partial charge in [-0.3, -0.25) is 14.8 Å². The molecule has 2 aliphatic rings. The number of aliphatic carboxylic acids is 1. The number of carbonyl (C=O) groups is 1. The smallest absolute Gasteiger partial charge is 0.324 e. The van der Waals surface area contributed by atoms with Gasteiger partial charge in [0.1, 0.15) is 5.54 Å². The SMILES string of the molecule is O=C(O)C1(NC2CC2)CCCC1CCn1cccn1. The minimum absolute atomic E-state index is 0.217. The lowest BCUT2D eigenvalue weighted by molar-refractivity contribution is -0.147. The summed E-state index contributed by atoms with van der Waals surface area (Å²) in [4.78, 5) is 11.8. The first-order valence-corrected chi connectivity index (χ1v) is 7.19. The van der Waals surface area contributed by atoms with Gasteiger partial charge in [0.25, 0.3) is 0 Å². The van der Waals surface area contributed by atoms with Gasteiger partial charge in [0.05, 0.1) is 0 Å². The molecule has 0 spiro atoms. The molecule has 0 radical (unpaired) electrons. The molecule has 0 amide bonds. The van der Waals surface area contributed by atoms with E-state index in [9.17, 15) is 9.90 Å². The van der Waals surface area contributed by atoms with Crippen LogP contribution in [0.1, 0.15) is 38.5 Å². The maximum Gasteiger partial charge on any atom is 0.324 e. The van der Waals surface area contributed by atoms with E-state index < -0.39 is 11.5 Å². The number of hydrogen-bond acceptors (Lipinski definition) is 3. The van der Waals surface area contributed by atoms with Crippen molar-refractivity contribution in [2.75, 3.05) is 0 Å². The van der Waals surface area contributed by atoms with Crippen molar-refractivity contribution in [1.29, 1.82) is 0 Å². The number of carboxylic acid groups (broad SMARTS) is 1. The Morgan fingerprint density at radius 2 is 2.32 bits per heavy atom. The van der Waals surface area contributed by atoms with Crippen LogP contribution >= 0.6 is 0 Å². The van der Waals surface area contributed by atoms with Crippen molar-refractivity contribution in [2.24, 2.45) is 5.92 Å². The molecule has 0 aliphatic heterocycles. The number of aryl methyl sites for hydroxylation is 1. The van der Waals surface area contributed by atoms with E-state index in [0.29, 0.717) is 6.04 Å². The molecule has 2 unspecified atom stereocenters. The summed E-state index contributed by atoms with van der Waals surface area (Å²) in [5.74, 6) is -0.447. The molecular formula is C14H21N3O2. The number of nitrogens with zero attached hydrogens (tertiary/aromatic N) is 2. The Balaban J connectivity index is 1.68. The van der Waals surface area contributed by atoms with Crippen LogP contribution in [0.4, 0.5) is 0 Å². The third-order valence-electron chi connectivity index (χ3n) is 4.51. The molecule has 1 aromatic rings. The molecule has 1 heterocycles. The predicted octanol–water partition coefficient (Wildman–Crippen LogP) is 1.65. The van der Waals surface area contributed by atoms with E-state index in [4.69, 9.17) is 0 Å². The van der Waals surface area contributed by atoms with Crippen LogP contribution in [0.3, 0.4) is 0 Å². The highest BCUT2D eigenvalue weighted by atomic mass is 16.4. The van der Waals surface area contributed by atoms with Gasteiger partial charge < -0.3 is 5.11 Å². The first-order chi connectivity index (χ1) is 9.21. The zero-order chi connectivity index (χ0) is 13.3. The second kappa shape index (κ2) is 4.96. The van der Waals surface area contributed by atoms with E-state index >= 15 is 0 Å². The second-order valence-corrected chi connectivity index (χ2v) is 5.84. The highest BCUT2D eigenvalue weighted by Crippen LogP contribution is 2.40. The summed E-state index contributed by atoms with van der Waals surface area (Å²) in [6.45, 7) is 0.805. The first-order valence-electron chi connectivity index (χ1n) is 7.19. The van der Waals surface area contributed by atoms with Gasteiger partial charge in [-0.1, -0.05) is 6.42 Å². The molecule has 5 heteroatoms. The Hall–Kier alpha value is -1.36. The van der Waals surface area contributed by atoms with Crippen LogP contribution in [-0.4, -0.2) is 32.4 Å². The third kappa shape index (κ3) is 2.52. The molecule has 0 bridgehead atoms. The second-order valence-electron chi connectivity index (χ2n) is 5.84. The van der Waals surface area contributed by atoms with E-state index in [1.165, 1.54) is 0 Å². The Labute approximate surface area is 113 Å². The summed E-state index contributed by atoms with van der Waals surface area (Å²) < 4.78 is 1.89. The molecular weight excluding hydrogens is 242 g/mol. The van der Waals surface area contributed by atoms with Crippen molar-refractivity contribution in [3.8, 4) is 0 Å². The lowest BCUT2D eigenvalue weighted by Gasteiger charge is -2.32. The fraction of sp³-hybridized carbons (Fsp3) is 0.714. The molecule has 2 N–H and O–H groups in total. The zero-order valence-electron chi connectivity index (χ0n) is 11.1. The average molecular weight is 263 g/mol. The maximum atomic E-state index is 11.8. The number of aromatic nitrogens is 2. The normalized spacial score (nSPS) is 30.6. The zero-order valence-corrected chi connectivity index (χ0v) is 11.1. The number of nitrogens with one attached hydrogen (secondary N) is 1. The fourth-order valence-corrected chi connectivity index (χ4v) is 3.31. The topological polar surface area (TPSA) is 67.2 Å². The summed E-state index contributed by atoms with van der Waals surface area (Å²) in [5.41, 5.74) is -0.686. The Morgan fingerprint density at radius 3 is 2.95 bits per heavy atom. The molecule has 2 fully saturated rings.